The van der Waals surface area contributed by atoms with Gasteiger partial charge in [-0.1, -0.05) is 0 Å². The van der Waals surface area contributed by atoms with E-state index in [4.69, 9.17) is 0 Å². The zero-order valence-corrected chi connectivity index (χ0v) is 16.3. The third-order valence-corrected chi connectivity index (χ3v) is 4.83. The second-order valence-corrected chi connectivity index (χ2v) is 6.92. The fourth-order valence-electron chi connectivity index (χ4n) is 3.37. The summed E-state index contributed by atoms with van der Waals surface area (Å²) < 4.78 is 0. The molecule has 1 aromatic heterocycles. The Labute approximate surface area is 172 Å². The van der Waals surface area contributed by atoms with E-state index in [-0.39, 0.29) is 23.7 Å². The number of rotatable bonds is 6. The largest absolute Gasteiger partial charge is 0.345 e. The van der Waals surface area contributed by atoms with Crippen LogP contribution in [0.15, 0.2) is 42.7 Å². The lowest BCUT2D eigenvalue weighted by atomic mass is 10.1. The summed E-state index contributed by atoms with van der Waals surface area (Å²) in [6, 6.07) is 6.79. The molecule has 10 nitrogen and oxygen atoms in total. The molecule has 0 bridgehead atoms. The van der Waals surface area contributed by atoms with Gasteiger partial charge >= 0.3 is 0 Å². The van der Waals surface area contributed by atoms with Crippen molar-refractivity contribution in [2.75, 3.05) is 18.4 Å². The summed E-state index contributed by atoms with van der Waals surface area (Å²) in [5, 5.41) is 16.1. The van der Waals surface area contributed by atoms with Crippen molar-refractivity contribution < 1.29 is 19.3 Å². The van der Waals surface area contributed by atoms with Crippen molar-refractivity contribution in [3.8, 4) is 0 Å². The van der Waals surface area contributed by atoms with Crippen LogP contribution in [-0.2, 0) is 9.59 Å². The van der Waals surface area contributed by atoms with E-state index in [1.807, 2.05) is 0 Å². The molecule has 2 heterocycles. The number of nitro benzene ring substituents is 1. The molecule has 1 unspecified atom stereocenters. The van der Waals surface area contributed by atoms with Crippen LogP contribution >= 0.6 is 0 Å². The first-order valence-electron chi connectivity index (χ1n) is 9.40. The first-order chi connectivity index (χ1) is 14.4. The van der Waals surface area contributed by atoms with Crippen LogP contribution < -0.4 is 10.6 Å². The average molecular weight is 411 g/mol. The van der Waals surface area contributed by atoms with E-state index in [1.165, 1.54) is 29.3 Å². The Hall–Kier alpha value is -3.82. The highest BCUT2D eigenvalue weighted by molar-refractivity contribution is 5.99. The number of pyridine rings is 1. The Kier molecular flexibility index (Phi) is 6.35. The number of benzene rings is 1. The summed E-state index contributed by atoms with van der Waals surface area (Å²) in [6.45, 7) is 1.72. The highest BCUT2D eigenvalue weighted by Crippen LogP contribution is 2.24. The number of carbonyl (C=O) groups excluding carboxylic acids is 3. The Morgan fingerprint density at radius 2 is 2.10 bits per heavy atom. The van der Waals surface area contributed by atoms with Crippen molar-refractivity contribution in [3.05, 3.63) is 64.0 Å². The maximum absolute atomic E-state index is 12.9. The molecule has 10 heteroatoms. The Morgan fingerprint density at radius 1 is 1.30 bits per heavy atom. The van der Waals surface area contributed by atoms with Gasteiger partial charge in [0.1, 0.15) is 6.04 Å². The van der Waals surface area contributed by atoms with Crippen molar-refractivity contribution >= 4 is 29.1 Å². The SMILES string of the molecule is Cc1cc(C(=O)N2CCCC2C(=O)NCC(=O)Nc2cccnc2)ccc1[N+](=O)[O-]. The van der Waals surface area contributed by atoms with Crippen molar-refractivity contribution in [2.45, 2.75) is 25.8 Å². The highest BCUT2D eigenvalue weighted by Gasteiger charge is 2.35. The van der Waals surface area contributed by atoms with Crippen LogP contribution in [0.5, 0.6) is 0 Å². The molecule has 2 N–H and O–H groups in total. The molecule has 0 aliphatic carbocycles. The minimum absolute atomic E-state index is 0.0677. The zero-order valence-electron chi connectivity index (χ0n) is 16.3. The molecule has 3 amide bonds. The first kappa shape index (κ1) is 20.9. The number of carbonyl (C=O) groups is 3. The van der Waals surface area contributed by atoms with Crippen LogP contribution in [-0.4, -0.2) is 51.7 Å². The van der Waals surface area contributed by atoms with Gasteiger partial charge < -0.3 is 15.5 Å². The Bertz CT molecular complexity index is 979. The van der Waals surface area contributed by atoms with E-state index in [2.05, 4.69) is 15.6 Å². The fraction of sp³-hybridized carbons (Fsp3) is 0.300. The number of amides is 3. The van der Waals surface area contributed by atoms with Crippen LogP contribution in [0.3, 0.4) is 0 Å². The quantitative estimate of drug-likeness (QED) is 0.548. The molecule has 0 spiro atoms. The van der Waals surface area contributed by atoms with Crippen molar-refractivity contribution in [1.82, 2.24) is 15.2 Å². The third kappa shape index (κ3) is 4.77. The van der Waals surface area contributed by atoms with Crippen LogP contribution in [0.25, 0.3) is 0 Å². The van der Waals surface area contributed by atoms with Gasteiger partial charge in [-0.15, -0.1) is 0 Å². The lowest BCUT2D eigenvalue weighted by Crippen LogP contribution is -2.47. The van der Waals surface area contributed by atoms with Crippen LogP contribution in [0.2, 0.25) is 0 Å². The normalized spacial score (nSPS) is 15.5. The molecule has 156 valence electrons. The average Bonchev–Trinajstić information content (AvgIpc) is 3.22. The first-order valence-corrected chi connectivity index (χ1v) is 9.40. The van der Waals surface area contributed by atoms with Gasteiger partial charge in [0.25, 0.3) is 11.6 Å². The number of aromatic nitrogens is 1. The Balaban J connectivity index is 1.61. The number of nitro groups is 1. The summed E-state index contributed by atoms with van der Waals surface area (Å²) in [4.78, 5) is 53.2. The van der Waals surface area contributed by atoms with E-state index >= 15 is 0 Å². The van der Waals surface area contributed by atoms with Gasteiger partial charge in [0.2, 0.25) is 11.8 Å². The summed E-state index contributed by atoms with van der Waals surface area (Å²) >= 11 is 0. The lowest BCUT2D eigenvalue weighted by molar-refractivity contribution is -0.385. The van der Waals surface area contributed by atoms with Crippen LogP contribution in [0, 0.1) is 17.0 Å². The van der Waals surface area contributed by atoms with Crippen LogP contribution in [0.1, 0.15) is 28.8 Å². The fourth-order valence-corrected chi connectivity index (χ4v) is 3.37. The molecule has 3 rings (SSSR count). The standard InChI is InChI=1S/C20H21N5O5/c1-13-10-14(6-7-16(13)25(29)30)20(28)24-9-3-5-17(24)19(27)22-12-18(26)23-15-4-2-8-21-11-15/h2,4,6-8,10-11,17H,3,5,9,12H2,1H3,(H,22,27)(H,23,26). The van der Waals surface area contributed by atoms with E-state index in [0.29, 0.717) is 30.6 Å². The number of nitrogens with one attached hydrogen (secondary N) is 2. The molecule has 2 aromatic rings. The molecule has 0 radical (unpaired) electrons. The molecular weight excluding hydrogens is 390 g/mol. The van der Waals surface area contributed by atoms with Crippen molar-refractivity contribution in [3.63, 3.8) is 0 Å². The molecule has 1 aromatic carbocycles. The smallest absolute Gasteiger partial charge is 0.272 e. The number of hydrogen-bond donors (Lipinski definition) is 2. The summed E-state index contributed by atoms with van der Waals surface area (Å²) in [6.07, 6.45) is 4.20. The molecule has 1 atom stereocenters. The zero-order chi connectivity index (χ0) is 21.7. The maximum atomic E-state index is 12.9. The number of aryl methyl sites for hydroxylation is 1. The van der Waals surface area contributed by atoms with Crippen LogP contribution in [0.4, 0.5) is 11.4 Å². The summed E-state index contributed by atoms with van der Waals surface area (Å²) in [5.74, 6) is -1.19. The molecule has 1 fully saturated rings. The van der Waals surface area contributed by atoms with Crippen molar-refractivity contribution in [2.24, 2.45) is 0 Å². The molecule has 1 saturated heterocycles. The number of hydrogen-bond acceptors (Lipinski definition) is 6. The van der Waals surface area contributed by atoms with E-state index < -0.39 is 22.8 Å². The molecule has 30 heavy (non-hydrogen) atoms. The second-order valence-electron chi connectivity index (χ2n) is 6.92. The Morgan fingerprint density at radius 3 is 2.77 bits per heavy atom. The minimum atomic E-state index is -0.695. The topological polar surface area (TPSA) is 135 Å². The predicted octanol–water partition coefficient (Wildman–Crippen LogP) is 1.66. The highest BCUT2D eigenvalue weighted by atomic mass is 16.6. The molecule has 1 aliphatic heterocycles. The predicted molar refractivity (Wildman–Crippen MR) is 108 cm³/mol. The van der Waals surface area contributed by atoms with Gasteiger partial charge in [0.15, 0.2) is 0 Å². The van der Waals surface area contributed by atoms with Gasteiger partial charge in [-0.3, -0.25) is 29.5 Å². The third-order valence-electron chi connectivity index (χ3n) is 4.83. The molecule has 0 saturated carbocycles. The van der Waals surface area contributed by atoms with E-state index in [1.54, 1.807) is 25.3 Å². The van der Waals surface area contributed by atoms with E-state index in [9.17, 15) is 24.5 Å². The van der Waals surface area contributed by atoms with Crippen molar-refractivity contribution in [1.29, 1.82) is 0 Å². The number of nitrogens with zero attached hydrogens (tertiary/aromatic N) is 3. The molecular formula is C20H21N5O5. The number of anilines is 1. The minimum Gasteiger partial charge on any atom is -0.345 e. The van der Waals surface area contributed by atoms with Gasteiger partial charge in [-0.25, -0.2) is 0 Å². The van der Waals surface area contributed by atoms with Gasteiger partial charge in [-0.2, -0.15) is 0 Å². The van der Waals surface area contributed by atoms with Gasteiger partial charge in [-0.05, 0) is 44.0 Å². The summed E-state index contributed by atoms with van der Waals surface area (Å²) in [5.41, 5.74) is 1.11. The number of likely N-dealkylation sites (tertiary alicyclic amines) is 1. The summed E-state index contributed by atoms with van der Waals surface area (Å²) in [7, 11) is 0. The van der Waals surface area contributed by atoms with Gasteiger partial charge in [0.05, 0.1) is 23.4 Å². The maximum Gasteiger partial charge on any atom is 0.272 e. The molecule has 1 aliphatic rings. The second kappa shape index (κ2) is 9.12. The van der Waals surface area contributed by atoms with Gasteiger partial charge in [0, 0.05) is 29.9 Å². The monoisotopic (exact) mass is 411 g/mol. The van der Waals surface area contributed by atoms with E-state index in [0.717, 1.165) is 0 Å². The lowest BCUT2D eigenvalue weighted by Gasteiger charge is -2.24.